The normalized spacial score (nSPS) is 52.2. The molecule has 20 heteroatoms. The fourth-order valence-electron chi connectivity index (χ4n) is 12.0. The second-order valence-corrected chi connectivity index (χ2v) is 19.0. The average molecular weight is 872 g/mol. The van der Waals surface area contributed by atoms with E-state index in [1.165, 1.54) is 12.2 Å². The smallest absolute Gasteiger partial charge is 0.190 e. The zero-order chi connectivity index (χ0) is 44.6. The molecule has 0 bridgehead atoms. The lowest BCUT2D eigenvalue weighted by molar-refractivity contribution is -0.317. The van der Waals surface area contributed by atoms with Crippen molar-refractivity contribution < 1.29 is 73.0 Å². The molecule has 0 amide bonds. The van der Waals surface area contributed by atoms with E-state index in [-0.39, 0.29) is 38.2 Å². The lowest BCUT2D eigenvalue weighted by atomic mass is 9.44. The molecule has 2 heterocycles. The third kappa shape index (κ3) is 7.69. The maximum Gasteiger partial charge on any atom is 0.190 e. The van der Waals surface area contributed by atoms with Gasteiger partial charge in [0.05, 0.1) is 37.0 Å². The summed E-state index contributed by atoms with van der Waals surface area (Å²) in [7, 11) is 0. The first kappa shape index (κ1) is 47.0. The molecular formula is C41H66FN5O14. The summed E-state index contributed by atoms with van der Waals surface area (Å²) >= 11 is 0. The van der Waals surface area contributed by atoms with Gasteiger partial charge >= 0.3 is 0 Å². The molecule has 4 saturated carbocycles. The lowest BCUT2D eigenvalue weighted by Gasteiger charge is -2.62. The maximum atomic E-state index is 17.5. The second kappa shape index (κ2) is 17.5. The molecule has 0 aromatic heterocycles. The summed E-state index contributed by atoms with van der Waals surface area (Å²) in [5.41, 5.74) is 24.9. The van der Waals surface area contributed by atoms with Crippen LogP contribution in [0.5, 0.6) is 0 Å². The Labute approximate surface area is 354 Å². The standard InChI is InChI=1S/C41H66FN5O14/c1-17-8-21-20-5-4-18-9-19(48)6-7-38(18,2)40(20,42)28(50)12-39(21,3)41(17,55)29(51)15-57-16-56-14-27-31(52)30(47)32(53)37(59-27)61-35-23(45)10-22(44)34(33(35)54)60-36-24(46)11-25(49)26(13-43)58-36/h6-7,9,17,20-28,30-37,49-50,52-55H,4-5,8,10-16,43-47H2,1-3H3/t17-,20+,21+,22+,23-,24-,25+,26-,27-,28+,30+,31-,32-,33+,34-,35+,36-,37-,38+,39+,40+,41+/m1/s1. The Morgan fingerprint density at radius 2 is 1.54 bits per heavy atom. The van der Waals surface area contributed by atoms with Gasteiger partial charge in [-0.2, -0.15) is 0 Å². The number of carbonyl (C=O) groups excluding carboxylic acids is 2. The predicted octanol–water partition coefficient (Wildman–Crippen LogP) is -3.38. The number of alkyl halides is 1. The van der Waals surface area contributed by atoms with Crippen LogP contribution in [0.25, 0.3) is 0 Å². The number of carbonyl (C=O) groups is 2. The van der Waals surface area contributed by atoms with Crippen LogP contribution in [-0.4, -0.2) is 172 Å². The van der Waals surface area contributed by atoms with Crippen LogP contribution in [0.2, 0.25) is 0 Å². The molecule has 5 aliphatic carbocycles. The Hall–Kier alpha value is -1.93. The van der Waals surface area contributed by atoms with Gasteiger partial charge in [0.2, 0.25) is 0 Å². The van der Waals surface area contributed by atoms with Gasteiger partial charge in [0.25, 0.3) is 0 Å². The SMILES string of the molecule is C[C@@H]1C[C@H]2[C@@H]3CCC4=CC(=O)C=C[C@]4(C)[C@@]3(F)[C@@H](O)C[C@]2(C)[C@@]1(O)C(=O)COCOC[C@H]1O[C@H](O[C@@H]2[C@@H](O)[C@H](O[C@H]3O[C@H](CN)[C@@H](O)C[C@H]3N)[C@@H](N)C[C@H]2N)[C@H](O)[C@@H](N)[C@@H]1O. The summed E-state index contributed by atoms with van der Waals surface area (Å²) in [4.78, 5) is 26.1. The minimum absolute atomic E-state index is 0.00324. The topological polar surface area (TPSA) is 341 Å². The van der Waals surface area contributed by atoms with Gasteiger partial charge in [-0.15, -0.1) is 0 Å². The highest BCUT2D eigenvalue weighted by Crippen LogP contribution is 2.70. The van der Waals surface area contributed by atoms with Crippen LogP contribution in [0, 0.1) is 28.6 Å². The Morgan fingerprint density at radius 3 is 2.21 bits per heavy atom. The Kier molecular flexibility index (Phi) is 13.5. The van der Waals surface area contributed by atoms with Gasteiger partial charge in [-0.25, -0.2) is 4.39 Å². The summed E-state index contributed by atoms with van der Waals surface area (Å²) in [5.74, 6) is -2.60. The van der Waals surface area contributed by atoms with E-state index in [1.807, 2.05) is 0 Å². The summed E-state index contributed by atoms with van der Waals surface area (Å²) < 4.78 is 52.4. The largest absolute Gasteiger partial charge is 0.390 e. The van der Waals surface area contributed by atoms with Gasteiger partial charge < -0.3 is 87.7 Å². The number of allylic oxidation sites excluding steroid dienone is 4. The summed E-state index contributed by atoms with van der Waals surface area (Å²) in [5, 5.41) is 67.3. The van der Waals surface area contributed by atoms with Crippen LogP contribution in [0.1, 0.15) is 59.3 Å². The van der Waals surface area contributed by atoms with E-state index < -0.39 is 151 Å². The van der Waals surface area contributed by atoms with Crippen LogP contribution in [0.4, 0.5) is 4.39 Å². The molecule has 6 fully saturated rings. The molecule has 22 atom stereocenters. The number of aliphatic hydroxyl groups is 6. The number of ether oxygens (including phenoxy) is 6. The van der Waals surface area contributed by atoms with Crippen LogP contribution < -0.4 is 28.7 Å². The predicted molar refractivity (Wildman–Crippen MR) is 211 cm³/mol. The van der Waals surface area contributed by atoms with Crippen molar-refractivity contribution >= 4 is 11.6 Å². The molecule has 346 valence electrons. The molecule has 7 aliphatic rings. The highest BCUT2D eigenvalue weighted by Gasteiger charge is 2.75. The van der Waals surface area contributed by atoms with E-state index in [9.17, 15) is 40.2 Å². The summed E-state index contributed by atoms with van der Waals surface area (Å²) in [6.45, 7) is 3.77. The van der Waals surface area contributed by atoms with Crippen molar-refractivity contribution in [2.75, 3.05) is 26.6 Å². The summed E-state index contributed by atoms with van der Waals surface area (Å²) in [6.07, 6.45) is -8.17. The molecule has 19 nitrogen and oxygen atoms in total. The number of hydrogen-bond donors (Lipinski definition) is 11. The third-order valence-electron chi connectivity index (χ3n) is 15.6. The van der Waals surface area contributed by atoms with Gasteiger partial charge in [0.15, 0.2) is 29.8 Å². The maximum absolute atomic E-state index is 17.5. The molecule has 7 rings (SSSR count). The van der Waals surface area contributed by atoms with Crippen molar-refractivity contribution in [1.29, 1.82) is 0 Å². The van der Waals surface area contributed by atoms with Crippen molar-refractivity contribution in [2.24, 2.45) is 57.3 Å². The van der Waals surface area contributed by atoms with E-state index in [1.54, 1.807) is 26.8 Å². The molecule has 0 spiro atoms. The highest BCUT2D eigenvalue weighted by molar-refractivity contribution is 6.01. The number of ketones is 2. The van der Waals surface area contributed by atoms with Crippen LogP contribution in [0.3, 0.4) is 0 Å². The summed E-state index contributed by atoms with van der Waals surface area (Å²) in [6, 6.07) is -3.68. The molecule has 0 aromatic rings. The van der Waals surface area contributed by atoms with Gasteiger partial charge in [0.1, 0.15) is 55.6 Å². The number of hydrogen-bond acceptors (Lipinski definition) is 19. The van der Waals surface area contributed by atoms with Crippen molar-refractivity contribution in [3.63, 3.8) is 0 Å². The second-order valence-electron chi connectivity index (χ2n) is 19.0. The van der Waals surface area contributed by atoms with Gasteiger partial charge in [0, 0.05) is 35.4 Å². The number of rotatable bonds is 12. The molecular weight excluding hydrogens is 805 g/mol. The Morgan fingerprint density at radius 1 is 0.885 bits per heavy atom. The Bertz CT molecular complexity index is 1700. The first-order valence-electron chi connectivity index (χ1n) is 21.4. The zero-order valence-corrected chi connectivity index (χ0v) is 34.9. The molecule has 16 N–H and O–H groups in total. The van der Waals surface area contributed by atoms with Crippen LogP contribution in [-0.2, 0) is 38.0 Å². The van der Waals surface area contributed by atoms with E-state index in [0.29, 0.717) is 24.8 Å². The molecule has 0 unspecified atom stereocenters. The number of Topliss-reactive ketones (excluding diaryl/α,β-unsaturated/α-hetero) is 1. The number of fused-ring (bicyclic) bond motifs is 5. The molecule has 61 heavy (non-hydrogen) atoms. The quantitative estimate of drug-likeness (QED) is 0.0673. The van der Waals surface area contributed by atoms with Crippen LogP contribution in [0.15, 0.2) is 23.8 Å². The first-order valence-corrected chi connectivity index (χ1v) is 21.4. The van der Waals surface area contributed by atoms with Crippen molar-refractivity contribution in [1.82, 2.24) is 0 Å². The highest BCUT2D eigenvalue weighted by atomic mass is 19.1. The lowest BCUT2D eigenvalue weighted by Crippen LogP contribution is -2.69. The fourth-order valence-corrected chi connectivity index (χ4v) is 12.0. The molecule has 0 aromatic carbocycles. The third-order valence-corrected chi connectivity index (χ3v) is 15.6. The van der Waals surface area contributed by atoms with Crippen LogP contribution >= 0.6 is 0 Å². The minimum atomic E-state index is -2.11. The van der Waals surface area contributed by atoms with Gasteiger partial charge in [-0.05, 0) is 69.4 Å². The van der Waals surface area contributed by atoms with Crippen molar-refractivity contribution in [3.05, 3.63) is 23.8 Å². The van der Waals surface area contributed by atoms with E-state index >= 15 is 4.39 Å². The first-order chi connectivity index (χ1) is 28.6. The number of aliphatic hydroxyl groups excluding tert-OH is 5. The van der Waals surface area contributed by atoms with E-state index in [2.05, 4.69) is 0 Å². The minimum Gasteiger partial charge on any atom is -0.390 e. The van der Waals surface area contributed by atoms with Gasteiger partial charge in [-0.1, -0.05) is 25.5 Å². The number of nitrogens with two attached hydrogens (primary N) is 5. The average Bonchev–Trinajstić information content (AvgIpc) is 3.41. The van der Waals surface area contributed by atoms with E-state index in [4.69, 9.17) is 57.1 Å². The van der Waals surface area contributed by atoms with E-state index in [0.717, 1.165) is 0 Å². The van der Waals surface area contributed by atoms with Crippen molar-refractivity contribution in [3.8, 4) is 0 Å². The molecule has 2 saturated heterocycles. The Balaban J connectivity index is 0.940. The monoisotopic (exact) mass is 871 g/mol. The van der Waals surface area contributed by atoms with Gasteiger partial charge in [-0.3, -0.25) is 9.59 Å². The fraction of sp³-hybridized carbons (Fsp3) is 0.854. The van der Waals surface area contributed by atoms with Crippen molar-refractivity contribution in [2.45, 2.75) is 162 Å². The zero-order valence-electron chi connectivity index (χ0n) is 34.9. The number of halogens is 1. The molecule has 2 aliphatic heterocycles. The molecule has 0 radical (unpaired) electrons.